The van der Waals surface area contributed by atoms with Gasteiger partial charge in [0, 0.05) is 22.2 Å². The Labute approximate surface area is 201 Å². The highest BCUT2D eigenvalue weighted by atomic mass is 79.9. The first-order chi connectivity index (χ1) is 15.0. The molecule has 0 aromatic heterocycles. The third-order valence-electron chi connectivity index (χ3n) is 4.75. The van der Waals surface area contributed by atoms with Crippen LogP contribution in [-0.4, -0.2) is 20.8 Å². The molecule has 0 heterocycles. The van der Waals surface area contributed by atoms with Gasteiger partial charge in [0.25, 0.3) is 0 Å². The first-order valence-corrected chi connectivity index (χ1v) is 11.3. The topological polar surface area (TPSA) is 39.7 Å². The van der Waals surface area contributed by atoms with Crippen LogP contribution in [-0.2, 0) is 19.6 Å². The summed E-state index contributed by atoms with van der Waals surface area (Å²) in [6.45, 7) is 1.89. The van der Waals surface area contributed by atoms with Crippen molar-refractivity contribution < 1.29 is 14.2 Å². The molecule has 0 atom stereocenters. The summed E-state index contributed by atoms with van der Waals surface area (Å²) >= 11 is 15.8. The van der Waals surface area contributed by atoms with Crippen molar-refractivity contribution in [1.82, 2.24) is 5.32 Å². The van der Waals surface area contributed by atoms with Gasteiger partial charge in [-0.15, -0.1) is 0 Å². The highest BCUT2D eigenvalue weighted by molar-refractivity contribution is 9.10. The Kier molecular flexibility index (Phi) is 8.90. The first kappa shape index (κ1) is 23.7. The van der Waals surface area contributed by atoms with Crippen LogP contribution in [0.5, 0.6) is 17.2 Å². The number of benzene rings is 3. The lowest BCUT2D eigenvalue weighted by atomic mass is 10.1. The van der Waals surface area contributed by atoms with Gasteiger partial charge in [-0.3, -0.25) is 0 Å². The highest BCUT2D eigenvalue weighted by Crippen LogP contribution is 2.37. The molecule has 3 aromatic carbocycles. The van der Waals surface area contributed by atoms with Crippen LogP contribution in [0.4, 0.5) is 0 Å². The minimum absolute atomic E-state index is 0.310. The molecule has 0 radical (unpaired) electrons. The van der Waals surface area contributed by atoms with Crippen LogP contribution in [0.3, 0.4) is 0 Å². The Bertz CT molecular complexity index is 1010. The summed E-state index contributed by atoms with van der Waals surface area (Å²) in [5.74, 6) is 2.16. The van der Waals surface area contributed by atoms with E-state index in [9.17, 15) is 0 Å². The number of hydrogen-bond acceptors (Lipinski definition) is 4. The van der Waals surface area contributed by atoms with Crippen molar-refractivity contribution in [3.63, 3.8) is 0 Å². The monoisotopic (exact) mass is 523 g/mol. The van der Waals surface area contributed by atoms with Crippen molar-refractivity contribution in [2.24, 2.45) is 0 Å². The minimum atomic E-state index is 0.310. The number of methoxy groups -OCH3 is 2. The fourth-order valence-corrected chi connectivity index (χ4v) is 4.13. The highest BCUT2D eigenvalue weighted by Gasteiger charge is 2.13. The number of hydrogen-bond donors (Lipinski definition) is 1. The van der Waals surface area contributed by atoms with Gasteiger partial charge in [-0.05, 0) is 76.4 Å². The summed E-state index contributed by atoms with van der Waals surface area (Å²) in [6, 6.07) is 17.5. The lowest BCUT2D eigenvalue weighted by Gasteiger charge is -2.15. The SMILES string of the molecule is COc1ccc(CCNCc2cc(Br)c(OCc3ccc(Cl)cc3Cl)c(OC)c2)cc1. The van der Waals surface area contributed by atoms with Crippen LogP contribution in [0.1, 0.15) is 16.7 Å². The quantitative estimate of drug-likeness (QED) is 0.300. The van der Waals surface area contributed by atoms with Crippen LogP contribution < -0.4 is 19.5 Å². The zero-order valence-electron chi connectivity index (χ0n) is 17.4. The van der Waals surface area contributed by atoms with E-state index in [1.165, 1.54) is 5.56 Å². The molecular formula is C24H24BrCl2NO3. The predicted molar refractivity (Wildman–Crippen MR) is 130 cm³/mol. The summed E-state index contributed by atoms with van der Waals surface area (Å²) in [7, 11) is 3.30. The van der Waals surface area contributed by atoms with E-state index in [1.54, 1.807) is 26.4 Å². The third kappa shape index (κ3) is 6.78. The van der Waals surface area contributed by atoms with E-state index in [1.807, 2.05) is 30.3 Å². The van der Waals surface area contributed by atoms with Crippen LogP contribution in [0.15, 0.2) is 59.1 Å². The van der Waals surface area contributed by atoms with Gasteiger partial charge in [-0.1, -0.05) is 41.4 Å². The second-order valence-corrected chi connectivity index (χ2v) is 8.61. The minimum Gasteiger partial charge on any atom is -0.497 e. The lowest BCUT2D eigenvalue weighted by molar-refractivity contribution is 0.282. The Morgan fingerprint density at radius 1 is 0.903 bits per heavy atom. The predicted octanol–water partition coefficient (Wildman–Crippen LogP) is 6.68. The van der Waals surface area contributed by atoms with E-state index in [0.29, 0.717) is 34.7 Å². The smallest absolute Gasteiger partial charge is 0.175 e. The normalized spacial score (nSPS) is 10.7. The van der Waals surface area contributed by atoms with E-state index in [2.05, 4.69) is 33.4 Å². The molecule has 0 aliphatic carbocycles. The molecule has 0 spiro atoms. The van der Waals surface area contributed by atoms with Crippen molar-refractivity contribution in [3.8, 4) is 17.2 Å². The maximum atomic E-state index is 6.24. The summed E-state index contributed by atoms with van der Waals surface area (Å²) < 4.78 is 17.6. The zero-order valence-corrected chi connectivity index (χ0v) is 20.5. The second-order valence-electron chi connectivity index (χ2n) is 6.91. The van der Waals surface area contributed by atoms with Crippen molar-refractivity contribution in [2.45, 2.75) is 19.6 Å². The molecule has 1 N–H and O–H groups in total. The van der Waals surface area contributed by atoms with E-state index < -0.39 is 0 Å². The Balaban J connectivity index is 1.57. The van der Waals surface area contributed by atoms with Crippen molar-refractivity contribution in [1.29, 1.82) is 0 Å². The molecule has 31 heavy (non-hydrogen) atoms. The molecule has 4 nitrogen and oxygen atoms in total. The molecular weight excluding hydrogens is 501 g/mol. The molecule has 3 rings (SSSR count). The van der Waals surface area contributed by atoms with Crippen molar-refractivity contribution >= 4 is 39.1 Å². The van der Waals surface area contributed by atoms with E-state index in [4.69, 9.17) is 37.4 Å². The molecule has 7 heteroatoms. The molecule has 0 aliphatic rings. The number of nitrogens with one attached hydrogen (secondary N) is 1. The maximum absolute atomic E-state index is 6.24. The number of halogens is 3. The van der Waals surface area contributed by atoms with Crippen LogP contribution in [0, 0.1) is 0 Å². The summed E-state index contributed by atoms with van der Waals surface area (Å²) in [5, 5.41) is 4.63. The van der Waals surface area contributed by atoms with Crippen molar-refractivity contribution in [3.05, 3.63) is 85.8 Å². The Hall–Kier alpha value is -1.92. The molecule has 0 amide bonds. The molecule has 0 unspecified atom stereocenters. The summed E-state index contributed by atoms with van der Waals surface area (Å²) in [4.78, 5) is 0. The van der Waals surface area contributed by atoms with Gasteiger partial charge >= 0.3 is 0 Å². The third-order valence-corrected chi connectivity index (χ3v) is 5.93. The molecule has 0 fully saturated rings. The van der Waals surface area contributed by atoms with Gasteiger partial charge < -0.3 is 19.5 Å². The van der Waals surface area contributed by atoms with E-state index >= 15 is 0 Å². The molecule has 0 bridgehead atoms. The standard InChI is InChI=1S/C24H24BrCl2NO3/c1-29-20-7-3-16(4-8-20)9-10-28-14-17-11-21(25)24(23(12-17)30-2)31-15-18-5-6-19(26)13-22(18)27/h3-8,11-13,28H,9-10,14-15H2,1-2H3. The number of rotatable bonds is 10. The van der Waals surface area contributed by atoms with Crippen molar-refractivity contribution in [2.75, 3.05) is 20.8 Å². The van der Waals surface area contributed by atoms with Gasteiger partial charge in [-0.2, -0.15) is 0 Å². The largest absolute Gasteiger partial charge is 0.497 e. The van der Waals surface area contributed by atoms with Gasteiger partial charge in [0.1, 0.15) is 12.4 Å². The van der Waals surface area contributed by atoms with E-state index in [0.717, 1.165) is 34.3 Å². The molecule has 0 saturated heterocycles. The van der Waals surface area contributed by atoms with Crippen LogP contribution >= 0.6 is 39.1 Å². The van der Waals surface area contributed by atoms with Gasteiger partial charge in [0.15, 0.2) is 11.5 Å². The molecule has 164 valence electrons. The number of ether oxygens (including phenoxy) is 3. The fraction of sp³-hybridized carbons (Fsp3) is 0.250. The summed E-state index contributed by atoms with van der Waals surface area (Å²) in [5.41, 5.74) is 3.20. The fourth-order valence-electron chi connectivity index (χ4n) is 3.06. The van der Waals surface area contributed by atoms with E-state index in [-0.39, 0.29) is 0 Å². The van der Waals surface area contributed by atoms with Gasteiger partial charge in [0.05, 0.1) is 18.7 Å². The van der Waals surface area contributed by atoms with Gasteiger partial charge in [-0.25, -0.2) is 0 Å². The summed E-state index contributed by atoms with van der Waals surface area (Å²) in [6.07, 6.45) is 0.936. The zero-order chi connectivity index (χ0) is 22.2. The molecule has 3 aromatic rings. The Morgan fingerprint density at radius 2 is 1.68 bits per heavy atom. The van der Waals surface area contributed by atoms with Crippen LogP contribution in [0.2, 0.25) is 10.0 Å². The molecule has 0 aliphatic heterocycles. The molecule has 0 saturated carbocycles. The van der Waals surface area contributed by atoms with Crippen LogP contribution in [0.25, 0.3) is 0 Å². The maximum Gasteiger partial charge on any atom is 0.175 e. The average molecular weight is 525 g/mol. The lowest BCUT2D eigenvalue weighted by Crippen LogP contribution is -2.16. The Morgan fingerprint density at radius 3 is 2.35 bits per heavy atom. The second kappa shape index (κ2) is 11.6. The average Bonchev–Trinajstić information content (AvgIpc) is 2.77. The van der Waals surface area contributed by atoms with Gasteiger partial charge in [0.2, 0.25) is 0 Å². The first-order valence-electron chi connectivity index (χ1n) is 9.77.